The second-order valence-corrected chi connectivity index (χ2v) is 6.35. The molecule has 0 radical (unpaired) electrons. The fourth-order valence-corrected chi connectivity index (χ4v) is 3.30. The summed E-state index contributed by atoms with van der Waals surface area (Å²) in [6.45, 7) is 0.359. The molecule has 1 unspecified atom stereocenters. The van der Waals surface area contributed by atoms with E-state index < -0.39 is 10.8 Å². The van der Waals surface area contributed by atoms with Crippen LogP contribution in [-0.4, -0.2) is 23.3 Å². The summed E-state index contributed by atoms with van der Waals surface area (Å²) in [6, 6.07) is 14.2. The Morgan fingerprint density at radius 2 is 1.77 bits per heavy atom. The first-order valence-corrected chi connectivity index (χ1v) is 8.19. The first-order valence-electron chi connectivity index (χ1n) is 8.19. The van der Waals surface area contributed by atoms with Gasteiger partial charge in [-0.25, -0.2) is 0 Å². The van der Waals surface area contributed by atoms with Crippen LogP contribution in [0.15, 0.2) is 48.5 Å². The Morgan fingerprint density at radius 3 is 2.35 bits per heavy atom. The third-order valence-electron chi connectivity index (χ3n) is 4.64. The zero-order valence-corrected chi connectivity index (χ0v) is 13.7. The van der Waals surface area contributed by atoms with Gasteiger partial charge in [-0.15, -0.1) is 0 Å². The van der Waals surface area contributed by atoms with E-state index in [1.54, 1.807) is 12.1 Å². The largest absolute Gasteiger partial charge is 0.340 e. The minimum Gasteiger partial charge on any atom is -0.340 e. The molecular formula is C19H15N3O4. The zero-order chi connectivity index (χ0) is 18.3. The lowest BCUT2D eigenvalue weighted by Gasteiger charge is -2.28. The Morgan fingerprint density at radius 1 is 1.08 bits per heavy atom. The number of anilines is 1. The minimum atomic E-state index is -0.437. The Kier molecular flexibility index (Phi) is 3.76. The predicted molar refractivity (Wildman–Crippen MR) is 96.0 cm³/mol. The molecule has 2 aromatic carbocycles. The minimum absolute atomic E-state index is 0.0230. The lowest BCUT2D eigenvalue weighted by molar-refractivity contribution is -0.384. The predicted octanol–water partition coefficient (Wildman–Crippen LogP) is 2.58. The molecule has 0 aromatic heterocycles. The summed E-state index contributed by atoms with van der Waals surface area (Å²) in [6.07, 6.45) is 2.14. The van der Waals surface area contributed by atoms with Crippen LogP contribution in [0.2, 0.25) is 0 Å². The van der Waals surface area contributed by atoms with Gasteiger partial charge in [0.1, 0.15) is 0 Å². The van der Waals surface area contributed by atoms with Crippen molar-refractivity contribution in [2.24, 2.45) is 5.92 Å². The van der Waals surface area contributed by atoms with E-state index in [0.717, 1.165) is 22.5 Å². The number of nitro benzene ring substituents is 1. The highest BCUT2D eigenvalue weighted by atomic mass is 16.6. The normalized spacial score (nSPS) is 18.5. The number of amides is 2. The first kappa shape index (κ1) is 16.0. The summed E-state index contributed by atoms with van der Waals surface area (Å²) >= 11 is 0. The molecule has 0 spiro atoms. The van der Waals surface area contributed by atoms with E-state index in [1.807, 2.05) is 35.2 Å². The van der Waals surface area contributed by atoms with Crippen LogP contribution in [0.3, 0.4) is 0 Å². The standard InChI is InChI=1S/C19H15N3O4/c23-18-10-14(19(24)20-18)11-21-15-5-1-12(2-6-15)9-17(21)13-3-7-16(8-4-13)22(25)26/h1-9,14H,10-11H2,(H,20,23,24). The maximum absolute atomic E-state index is 12.0. The number of imide groups is 1. The van der Waals surface area contributed by atoms with Crippen LogP contribution in [0, 0.1) is 16.0 Å². The average molecular weight is 349 g/mol. The second kappa shape index (κ2) is 6.11. The molecule has 1 saturated heterocycles. The molecule has 0 aliphatic carbocycles. The van der Waals surface area contributed by atoms with Crippen LogP contribution in [-0.2, 0) is 9.59 Å². The lowest BCUT2D eigenvalue weighted by atomic mass is 10.0. The van der Waals surface area contributed by atoms with Gasteiger partial charge in [-0.3, -0.25) is 25.0 Å². The molecule has 3 aliphatic heterocycles. The molecule has 0 saturated carbocycles. The monoisotopic (exact) mass is 349 g/mol. The Bertz CT molecular complexity index is 932. The Hall–Kier alpha value is -3.48. The van der Waals surface area contributed by atoms with Crippen molar-refractivity contribution in [3.63, 3.8) is 0 Å². The van der Waals surface area contributed by atoms with E-state index in [0.29, 0.717) is 6.54 Å². The van der Waals surface area contributed by atoms with Crippen molar-refractivity contribution in [1.29, 1.82) is 0 Å². The van der Waals surface area contributed by atoms with E-state index in [9.17, 15) is 19.7 Å². The number of carbonyl (C=O) groups is 2. The fraction of sp³-hybridized carbons (Fsp3) is 0.158. The SMILES string of the molecule is O=C1CC(CN2C(c3ccc([N+](=O)[O-])cc3)=Cc3ccc2cc3)C(=O)N1. The lowest BCUT2D eigenvalue weighted by Crippen LogP contribution is -2.32. The molecule has 1 fully saturated rings. The summed E-state index contributed by atoms with van der Waals surface area (Å²) in [7, 11) is 0. The van der Waals surface area contributed by atoms with E-state index in [-0.39, 0.29) is 23.9 Å². The van der Waals surface area contributed by atoms with E-state index in [2.05, 4.69) is 5.32 Å². The quantitative estimate of drug-likeness (QED) is 0.520. The van der Waals surface area contributed by atoms with Gasteiger partial charge >= 0.3 is 0 Å². The number of benzene rings is 2. The molecule has 3 heterocycles. The molecule has 26 heavy (non-hydrogen) atoms. The van der Waals surface area contributed by atoms with Crippen LogP contribution >= 0.6 is 0 Å². The van der Waals surface area contributed by atoms with Gasteiger partial charge in [0.05, 0.1) is 10.8 Å². The summed E-state index contributed by atoms with van der Waals surface area (Å²) in [5, 5.41) is 13.2. The molecule has 130 valence electrons. The van der Waals surface area contributed by atoms with E-state index in [4.69, 9.17) is 0 Å². The van der Waals surface area contributed by atoms with Gasteiger partial charge in [-0.05, 0) is 41.5 Å². The summed E-state index contributed by atoms with van der Waals surface area (Å²) in [4.78, 5) is 36.0. The van der Waals surface area contributed by atoms with Gasteiger partial charge in [0.25, 0.3) is 5.69 Å². The molecule has 7 nitrogen and oxygen atoms in total. The van der Waals surface area contributed by atoms with Crippen LogP contribution < -0.4 is 10.2 Å². The first-order chi connectivity index (χ1) is 12.5. The highest BCUT2D eigenvalue weighted by Crippen LogP contribution is 2.34. The van der Waals surface area contributed by atoms with Gasteiger partial charge in [0, 0.05) is 36.5 Å². The second-order valence-electron chi connectivity index (χ2n) is 6.35. The van der Waals surface area contributed by atoms with Crippen molar-refractivity contribution in [3.05, 3.63) is 69.8 Å². The molecule has 1 N–H and O–H groups in total. The van der Waals surface area contributed by atoms with Crippen molar-refractivity contribution in [2.75, 3.05) is 11.4 Å². The van der Waals surface area contributed by atoms with Gasteiger partial charge in [-0.1, -0.05) is 12.1 Å². The summed E-state index contributed by atoms with van der Waals surface area (Å²) in [5.74, 6) is -0.955. The summed E-state index contributed by atoms with van der Waals surface area (Å²) in [5.41, 5.74) is 3.57. The van der Waals surface area contributed by atoms with Crippen LogP contribution in [0.1, 0.15) is 17.5 Å². The maximum Gasteiger partial charge on any atom is 0.269 e. The summed E-state index contributed by atoms with van der Waals surface area (Å²) < 4.78 is 0. The fourth-order valence-electron chi connectivity index (χ4n) is 3.30. The number of carbonyl (C=O) groups excluding carboxylic acids is 2. The highest BCUT2D eigenvalue weighted by molar-refractivity contribution is 6.04. The van der Waals surface area contributed by atoms with Crippen molar-refractivity contribution in [3.8, 4) is 0 Å². The molecule has 2 aromatic rings. The maximum atomic E-state index is 12.0. The number of non-ortho nitro benzene ring substituents is 1. The molecule has 1 atom stereocenters. The number of fused-ring (bicyclic) bond motifs is 3. The van der Waals surface area contributed by atoms with Gasteiger partial charge in [0.15, 0.2) is 0 Å². The number of hydrogen-bond acceptors (Lipinski definition) is 5. The van der Waals surface area contributed by atoms with E-state index in [1.165, 1.54) is 12.1 Å². The number of nitrogens with one attached hydrogen (secondary N) is 1. The topological polar surface area (TPSA) is 92.6 Å². The average Bonchev–Trinajstić information content (AvgIpc) is 2.79. The number of nitrogens with zero attached hydrogens (tertiary/aromatic N) is 2. The van der Waals surface area contributed by atoms with Crippen LogP contribution in [0.5, 0.6) is 0 Å². The number of hydrogen-bond donors (Lipinski definition) is 1. The van der Waals surface area contributed by atoms with E-state index >= 15 is 0 Å². The molecule has 2 amide bonds. The number of rotatable bonds is 4. The van der Waals surface area contributed by atoms with Crippen LogP contribution in [0.25, 0.3) is 11.8 Å². The Balaban J connectivity index is 1.71. The van der Waals surface area contributed by atoms with Crippen LogP contribution in [0.4, 0.5) is 11.4 Å². The molecule has 2 bridgehead atoms. The molecule has 7 heteroatoms. The van der Waals surface area contributed by atoms with Crippen molar-refractivity contribution < 1.29 is 14.5 Å². The van der Waals surface area contributed by atoms with Gasteiger partial charge in [-0.2, -0.15) is 0 Å². The Labute approximate surface area is 149 Å². The van der Waals surface area contributed by atoms with Crippen molar-refractivity contribution in [1.82, 2.24) is 5.32 Å². The zero-order valence-electron chi connectivity index (χ0n) is 13.7. The van der Waals surface area contributed by atoms with Crippen molar-refractivity contribution in [2.45, 2.75) is 6.42 Å². The molecule has 3 aliphatic rings. The third-order valence-corrected chi connectivity index (χ3v) is 4.64. The highest BCUT2D eigenvalue weighted by Gasteiger charge is 2.33. The van der Waals surface area contributed by atoms with Gasteiger partial charge in [0.2, 0.25) is 11.8 Å². The smallest absolute Gasteiger partial charge is 0.269 e. The molecular weight excluding hydrogens is 334 g/mol. The van der Waals surface area contributed by atoms with Gasteiger partial charge < -0.3 is 4.90 Å². The van der Waals surface area contributed by atoms with Crippen molar-refractivity contribution >= 4 is 35.0 Å². The third kappa shape index (κ3) is 2.83. The molecule has 5 rings (SSSR count). The number of nitro groups is 1.